The molecule has 0 aliphatic carbocycles. The second-order valence-electron chi connectivity index (χ2n) is 10.0. The Morgan fingerprint density at radius 3 is 2.45 bits per heavy atom. The first-order valence-electron chi connectivity index (χ1n) is 12.4. The summed E-state index contributed by atoms with van der Waals surface area (Å²) in [6.45, 7) is 5.77. The molecule has 0 spiro atoms. The largest absolute Gasteiger partial charge is 0.508 e. The van der Waals surface area contributed by atoms with E-state index in [-0.39, 0.29) is 23.6 Å². The molecule has 5 atom stereocenters. The number of carbonyl (C=O) groups is 3. The van der Waals surface area contributed by atoms with Crippen LogP contribution in [0.5, 0.6) is 5.75 Å². The Kier molecular flexibility index (Phi) is 10.5. The molecule has 11 heteroatoms. The fraction of sp³-hybridized carbons (Fsp3) is 0.444. The Morgan fingerprint density at radius 2 is 1.82 bits per heavy atom. The van der Waals surface area contributed by atoms with Crippen molar-refractivity contribution in [2.45, 2.75) is 62.0 Å². The van der Waals surface area contributed by atoms with Gasteiger partial charge in [-0.25, -0.2) is 4.79 Å². The Morgan fingerprint density at radius 1 is 1.16 bits per heavy atom. The van der Waals surface area contributed by atoms with Crippen LogP contribution in [0.2, 0.25) is 0 Å². The summed E-state index contributed by atoms with van der Waals surface area (Å²) in [7, 11) is 2.80. The molecule has 0 unspecified atom stereocenters. The van der Waals surface area contributed by atoms with Crippen molar-refractivity contribution in [2.75, 3.05) is 12.3 Å². The number of amides is 2. The molecule has 1 heterocycles. The lowest BCUT2D eigenvalue weighted by atomic mass is 9.91. The third kappa shape index (κ3) is 8.13. The molecular weight excluding hydrogens is 524 g/mol. The molecule has 1 fully saturated rings. The maximum Gasteiger partial charge on any atom is 0.327 e. The van der Waals surface area contributed by atoms with Crippen molar-refractivity contribution < 1.29 is 24.6 Å². The Labute approximate surface area is 231 Å². The number of hydrogen-bond donors (Lipinski definition) is 6. The van der Waals surface area contributed by atoms with Crippen LogP contribution in [0.4, 0.5) is 0 Å². The molecule has 0 radical (unpaired) electrons. The average molecular weight is 561 g/mol. The van der Waals surface area contributed by atoms with Gasteiger partial charge >= 0.3 is 5.97 Å². The maximum atomic E-state index is 13.4. The normalized spacial score (nSPS) is 23.8. The quantitative estimate of drug-likeness (QED) is 0.280. The molecule has 0 aromatic heterocycles. The molecule has 2 aromatic carbocycles. The molecule has 1 aliphatic heterocycles. The fourth-order valence-electron chi connectivity index (χ4n) is 4.23. The van der Waals surface area contributed by atoms with Gasteiger partial charge in [-0.2, -0.15) is 0 Å². The van der Waals surface area contributed by atoms with Crippen molar-refractivity contribution >= 4 is 39.4 Å². The highest BCUT2D eigenvalue weighted by Crippen LogP contribution is 2.39. The summed E-state index contributed by atoms with van der Waals surface area (Å²) < 4.78 is -0.819. The fourth-order valence-corrected chi connectivity index (χ4v) is 7.12. The zero-order valence-electron chi connectivity index (χ0n) is 21.7. The van der Waals surface area contributed by atoms with Crippen LogP contribution < -0.4 is 21.7 Å². The van der Waals surface area contributed by atoms with Gasteiger partial charge in [0.1, 0.15) is 11.8 Å². The number of carboxylic acids is 1. The molecule has 7 N–H and O–H groups in total. The number of hydrogen-bond acceptors (Lipinski definition) is 8. The standard InChI is InChI=1S/C27H36N4O5S2/c1-16(18-7-5-4-6-8-18)22-25(34)31-23(26(35)36)27(2,3)38-37-15-19(14-29-22)30-24(33)21(28)13-17-9-11-20(32)12-10-17/h4-12,16,19,21-23,29,32H,13-15,28H2,1-3H3,(H,30,33)(H,31,34)(H,35,36)/t16-,19-,21-,22-,23-/m0/s1. The molecule has 206 valence electrons. The van der Waals surface area contributed by atoms with Gasteiger partial charge in [0.05, 0.1) is 22.9 Å². The maximum absolute atomic E-state index is 13.4. The highest BCUT2D eigenvalue weighted by atomic mass is 33.1. The minimum Gasteiger partial charge on any atom is -0.508 e. The van der Waals surface area contributed by atoms with Crippen LogP contribution in [0.25, 0.3) is 0 Å². The molecule has 2 aromatic rings. The smallest absolute Gasteiger partial charge is 0.327 e. The monoisotopic (exact) mass is 560 g/mol. The highest BCUT2D eigenvalue weighted by Gasteiger charge is 2.40. The minimum absolute atomic E-state index is 0.140. The van der Waals surface area contributed by atoms with Gasteiger partial charge in [-0.05, 0) is 43.5 Å². The summed E-state index contributed by atoms with van der Waals surface area (Å²) in [4.78, 5) is 38.6. The zero-order chi connectivity index (χ0) is 27.9. The van der Waals surface area contributed by atoms with E-state index in [9.17, 15) is 24.6 Å². The van der Waals surface area contributed by atoms with Gasteiger partial charge in [-0.3, -0.25) is 9.59 Å². The van der Waals surface area contributed by atoms with E-state index >= 15 is 0 Å². The number of carboxylic acid groups (broad SMARTS) is 1. The van der Waals surface area contributed by atoms with Crippen LogP contribution in [0.1, 0.15) is 37.8 Å². The predicted molar refractivity (Wildman–Crippen MR) is 152 cm³/mol. The van der Waals surface area contributed by atoms with Gasteiger partial charge in [-0.15, -0.1) is 0 Å². The van der Waals surface area contributed by atoms with Gasteiger partial charge in [0.25, 0.3) is 0 Å². The Balaban J connectivity index is 1.79. The SMILES string of the molecule is C[C@@H](c1ccccc1)[C@@H]1NC[C@H](NC(=O)[C@@H](N)Cc2ccc(O)cc2)CSSC(C)(C)[C@H](C(=O)O)NC1=O. The number of rotatable bonds is 7. The second-order valence-corrected chi connectivity index (χ2v) is 13.0. The lowest BCUT2D eigenvalue weighted by Gasteiger charge is -2.32. The lowest BCUT2D eigenvalue weighted by molar-refractivity contribution is -0.143. The first-order chi connectivity index (χ1) is 18.0. The summed E-state index contributed by atoms with van der Waals surface area (Å²) in [6.07, 6.45) is 0.303. The molecule has 0 saturated carbocycles. The number of benzene rings is 2. The van der Waals surface area contributed by atoms with Crippen molar-refractivity contribution in [3.8, 4) is 5.75 Å². The van der Waals surface area contributed by atoms with Crippen LogP contribution in [-0.4, -0.2) is 69.2 Å². The van der Waals surface area contributed by atoms with E-state index in [2.05, 4.69) is 16.0 Å². The number of phenolic OH excluding ortho intramolecular Hbond substituents is 1. The van der Waals surface area contributed by atoms with Crippen molar-refractivity contribution in [1.29, 1.82) is 0 Å². The number of phenols is 1. The summed E-state index contributed by atoms with van der Waals surface area (Å²) in [6, 6.07) is 13.1. The van der Waals surface area contributed by atoms with Crippen LogP contribution in [-0.2, 0) is 20.8 Å². The van der Waals surface area contributed by atoms with Gasteiger partial charge in [-0.1, -0.05) is 71.0 Å². The van der Waals surface area contributed by atoms with Crippen molar-refractivity contribution in [3.05, 3.63) is 65.7 Å². The lowest BCUT2D eigenvalue weighted by Crippen LogP contribution is -2.58. The summed E-state index contributed by atoms with van der Waals surface area (Å²) in [5, 5.41) is 28.4. The van der Waals surface area contributed by atoms with Crippen molar-refractivity contribution in [3.63, 3.8) is 0 Å². The van der Waals surface area contributed by atoms with E-state index in [0.29, 0.717) is 18.7 Å². The third-order valence-electron chi connectivity index (χ3n) is 6.54. The highest BCUT2D eigenvalue weighted by molar-refractivity contribution is 8.77. The second kappa shape index (κ2) is 13.4. The van der Waals surface area contributed by atoms with E-state index < -0.39 is 34.7 Å². The first kappa shape index (κ1) is 29.8. The number of aliphatic carboxylic acids is 1. The minimum atomic E-state index is -1.11. The summed E-state index contributed by atoms with van der Waals surface area (Å²) in [5.41, 5.74) is 7.94. The Bertz CT molecular complexity index is 1100. The van der Waals surface area contributed by atoms with E-state index in [4.69, 9.17) is 5.73 Å². The summed E-state index contributed by atoms with van der Waals surface area (Å²) in [5.74, 6) is -1.49. The van der Waals surface area contributed by atoms with Gasteiger partial charge in [0.15, 0.2) is 0 Å². The number of nitrogens with two attached hydrogens (primary N) is 1. The number of carbonyl (C=O) groups excluding carboxylic acids is 2. The predicted octanol–water partition coefficient (Wildman–Crippen LogP) is 2.25. The Hall–Kier alpha value is -2.73. The molecule has 38 heavy (non-hydrogen) atoms. The summed E-state index contributed by atoms with van der Waals surface area (Å²) >= 11 is 0. The third-order valence-corrected chi connectivity index (χ3v) is 9.91. The zero-order valence-corrected chi connectivity index (χ0v) is 23.4. The van der Waals surface area contributed by atoms with Crippen LogP contribution in [0, 0.1) is 0 Å². The van der Waals surface area contributed by atoms with E-state index in [1.165, 1.54) is 21.6 Å². The van der Waals surface area contributed by atoms with Gasteiger partial charge < -0.3 is 31.9 Å². The first-order valence-corrected chi connectivity index (χ1v) is 14.8. The van der Waals surface area contributed by atoms with E-state index in [0.717, 1.165) is 11.1 Å². The molecule has 2 amide bonds. The van der Waals surface area contributed by atoms with Crippen LogP contribution in [0.3, 0.4) is 0 Å². The number of aromatic hydroxyl groups is 1. The van der Waals surface area contributed by atoms with Gasteiger partial charge in [0, 0.05) is 18.2 Å². The molecule has 0 bridgehead atoms. The molecule has 1 saturated heterocycles. The molecule has 9 nitrogen and oxygen atoms in total. The van der Waals surface area contributed by atoms with Gasteiger partial charge in [0.2, 0.25) is 11.8 Å². The molecular formula is C27H36N4O5S2. The van der Waals surface area contributed by atoms with E-state index in [1.54, 1.807) is 38.1 Å². The van der Waals surface area contributed by atoms with E-state index in [1.807, 2.05) is 37.3 Å². The van der Waals surface area contributed by atoms with Crippen molar-refractivity contribution in [1.82, 2.24) is 16.0 Å². The molecule has 1 aliphatic rings. The number of nitrogens with one attached hydrogen (secondary N) is 3. The van der Waals surface area contributed by atoms with Crippen LogP contribution in [0.15, 0.2) is 54.6 Å². The average Bonchev–Trinajstić information content (AvgIpc) is 2.89. The topological polar surface area (TPSA) is 154 Å². The van der Waals surface area contributed by atoms with Crippen molar-refractivity contribution in [2.24, 2.45) is 5.73 Å². The molecule has 3 rings (SSSR count). The van der Waals surface area contributed by atoms with Crippen LogP contribution >= 0.6 is 21.6 Å².